The molecule has 0 radical (unpaired) electrons. The highest BCUT2D eigenvalue weighted by Crippen LogP contribution is 2.30. The summed E-state index contributed by atoms with van der Waals surface area (Å²) < 4.78 is 5.19. The number of thiazole rings is 1. The van der Waals surface area contributed by atoms with Crippen LogP contribution in [-0.4, -0.2) is 36.2 Å². The molecule has 0 atom stereocenters. The summed E-state index contributed by atoms with van der Waals surface area (Å²) >= 11 is 3.47. The van der Waals surface area contributed by atoms with E-state index in [0.717, 1.165) is 30.7 Å². The molecule has 0 N–H and O–H groups in total. The van der Waals surface area contributed by atoms with Gasteiger partial charge in [-0.1, -0.05) is 0 Å². The van der Waals surface area contributed by atoms with E-state index < -0.39 is 0 Å². The van der Waals surface area contributed by atoms with Crippen LogP contribution in [-0.2, 0) is 11.3 Å². The summed E-state index contributed by atoms with van der Waals surface area (Å²) in [6.07, 6.45) is 2.65. The number of thiophene rings is 1. The van der Waals surface area contributed by atoms with Crippen molar-refractivity contribution in [2.24, 2.45) is 0 Å². The minimum atomic E-state index is 0.751. The second-order valence-electron chi connectivity index (χ2n) is 4.85. The van der Waals surface area contributed by atoms with Gasteiger partial charge in [-0.15, -0.1) is 11.3 Å². The Morgan fingerprint density at radius 1 is 1.42 bits per heavy atom. The molecule has 1 aliphatic carbocycles. The maximum Gasteiger partial charge on any atom is 0.124 e. The Hall–Kier alpha value is -0.750. The van der Waals surface area contributed by atoms with Gasteiger partial charge < -0.3 is 4.74 Å². The zero-order valence-corrected chi connectivity index (χ0v) is 12.7. The van der Waals surface area contributed by atoms with Crippen LogP contribution in [0, 0.1) is 0 Å². The van der Waals surface area contributed by atoms with Crippen LogP contribution < -0.4 is 0 Å². The van der Waals surface area contributed by atoms with E-state index >= 15 is 0 Å². The SMILES string of the molecule is COCCN(Cc1csc(-c2ccsc2)n1)C1CC1. The molecular weight excluding hydrogens is 276 g/mol. The van der Waals surface area contributed by atoms with E-state index in [1.165, 1.54) is 24.1 Å². The van der Waals surface area contributed by atoms with E-state index in [4.69, 9.17) is 9.72 Å². The molecule has 0 unspecified atom stereocenters. The van der Waals surface area contributed by atoms with Crippen LogP contribution >= 0.6 is 22.7 Å². The first kappa shape index (κ1) is 13.2. The van der Waals surface area contributed by atoms with Gasteiger partial charge in [0.15, 0.2) is 0 Å². The van der Waals surface area contributed by atoms with Crippen molar-refractivity contribution in [3.63, 3.8) is 0 Å². The molecule has 2 heterocycles. The summed E-state index contributed by atoms with van der Waals surface area (Å²) in [5, 5.41) is 7.59. The van der Waals surface area contributed by atoms with Crippen molar-refractivity contribution in [3.05, 3.63) is 27.9 Å². The quantitative estimate of drug-likeness (QED) is 0.781. The van der Waals surface area contributed by atoms with Crippen molar-refractivity contribution in [2.45, 2.75) is 25.4 Å². The molecule has 102 valence electrons. The van der Waals surface area contributed by atoms with Gasteiger partial charge in [-0.2, -0.15) is 11.3 Å². The van der Waals surface area contributed by atoms with Gasteiger partial charge in [0.1, 0.15) is 5.01 Å². The van der Waals surface area contributed by atoms with E-state index in [1.807, 2.05) is 0 Å². The molecule has 5 heteroatoms. The van der Waals surface area contributed by atoms with Crippen LogP contribution in [0.1, 0.15) is 18.5 Å². The molecule has 0 aromatic carbocycles. The lowest BCUT2D eigenvalue weighted by Crippen LogP contribution is -2.29. The minimum absolute atomic E-state index is 0.751. The fourth-order valence-corrected chi connectivity index (χ4v) is 3.67. The molecule has 0 aliphatic heterocycles. The Morgan fingerprint density at radius 2 is 2.32 bits per heavy atom. The molecule has 0 bridgehead atoms. The summed E-state index contributed by atoms with van der Waals surface area (Å²) in [6.45, 7) is 2.76. The van der Waals surface area contributed by atoms with E-state index in [2.05, 4.69) is 27.1 Å². The van der Waals surface area contributed by atoms with Gasteiger partial charge >= 0.3 is 0 Å². The van der Waals surface area contributed by atoms with Crippen molar-refractivity contribution in [1.82, 2.24) is 9.88 Å². The largest absolute Gasteiger partial charge is 0.383 e. The first-order chi connectivity index (χ1) is 9.36. The van der Waals surface area contributed by atoms with Gasteiger partial charge in [0.2, 0.25) is 0 Å². The zero-order chi connectivity index (χ0) is 13.1. The minimum Gasteiger partial charge on any atom is -0.383 e. The molecule has 0 saturated heterocycles. The summed E-state index contributed by atoms with van der Waals surface area (Å²) in [5.74, 6) is 0. The molecule has 1 aliphatic rings. The standard InChI is InChI=1S/C14H18N2OS2/c1-17-6-5-16(13-2-3-13)8-12-10-19-14(15-12)11-4-7-18-9-11/h4,7,9-10,13H,2-3,5-6,8H2,1H3. The molecule has 1 saturated carbocycles. The number of nitrogens with zero attached hydrogens (tertiary/aromatic N) is 2. The van der Waals surface area contributed by atoms with Gasteiger partial charge in [-0.05, 0) is 24.3 Å². The second-order valence-corrected chi connectivity index (χ2v) is 6.49. The normalized spacial score (nSPS) is 15.3. The number of hydrogen-bond donors (Lipinski definition) is 0. The number of ether oxygens (including phenoxy) is 1. The Kier molecular flexibility index (Phi) is 4.28. The molecule has 1 fully saturated rings. The number of rotatable bonds is 7. The summed E-state index contributed by atoms with van der Waals surface area (Å²) in [6, 6.07) is 2.89. The second kappa shape index (κ2) is 6.13. The maximum atomic E-state index is 5.19. The Labute approximate surface area is 121 Å². The topological polar surface area (TPSA) is 25.4 Å². The molecule has 19 heavy (non-hydrogen) atoms. The Balaban J connectivity index is 1.65. The third-order valence-corrected chi connectivity index (χ3v) is 4.95. The average Bonchev–Trinajstić information content (AvgIpc) is 2.93. The van der Waals surface area contributed by atoms with Crippen LogP contribution in [0.3, 0.4) is 0 Å². The fourth-order valence-electron chi connectivity index (χ4n) is 2.15. The number of methoxy groups -OCH3 is 1. The Bertz CT molecular complexity index is 505. The predicted molar refractivity (Wildman–Crippen MR) is 80.7 cm³/mol. The van der Waals surface area contributed by atoms with Crippen LogP contribution in [0.2, 0.25) is 0 Å². The molecule has 2 aromatic heterocycles. The Morgan fingerprint density at radius 3 is 3.00 bits per heavy atom. The van der Waals surface area contributed by atoms with Crippen molar-refractivity contribution < 1.29 is 4.74 Å². The lowest BCUT2D eigenvalue weighted by Gasteiger charge is -2.20. The first-order valence-electron chi connectivity index (χ1n) is 6.57. The van der Waals surface area contributed by atoms with Crippen LogP contribution in [0.25, 0.3) is 10.6 Å². The number of aromatic nitrogens is 1. The highest BCUT2D eigenvalue weighted by atomic mass is 32.1. The molecule has 0 amide bonds. The molecule has 3 rings (SSSR count). The van der Waals surface area contributed by atoms with Gasteiger partial charge in [-0.3, -0.25) is 4.90 Å². The van der Waals surface area contributed by atoms with Crippen LogP contribution in [0.4, 0.5) is 0 Å². The van der Waals surface area contributed by atoms with Crippen LogP contribution in [0.5, 0.6) is 0 Å². The lowest BCUT2D eigenvalue weighted by molar-refractivity contribution is 0.139. The van der Waals surface area contributed by atoms with Crippen molar-refractivity contribution in [1.29, 1.82) is 0 Å². The highest BCUT2D eigenvalue weighted by Gasteiger charge is 2.29. The molecular formula is C14H18N2OS2. The van der Waals surface area contributed by atoms with E-state index in [0.29, 0.717) is 0 Å². The maximum absolute atomic E-state index is 5.19. The van der Waals surface area contributed by atoms with Crippen molar-refractivity contribution in [2.75, 3.05) is 20.3 Å². The summed E-state index contributed by atoms with van der Waals surface area (Å²) in [7, 11) is 1.77. The van der Waals surface area contributed by atoms with Gasteiger partial charge in [0, 0.05) is 42.6 Å². The number of hydrogen-bond acceptors (Lipinski definition) is 5. The average molecular weight is 294 g/mol. The third kappa shape index (κ3) is 3.42. The summed E-state index contributed by atoms with van der Waals surface area (Å²) in [4.78, 5) is 7.25. The van der Waals surface area contributed by atoms with E-state index in [-0.39, 0.29) is 0 Å². The van der Waals surface area contributed by atoms with Gasteiger partial charge in [0.05, 0.1) is 12.3 Å². The fraction of sp³-hybridized carbons (Fsp3) is 0.500. The first-order valence-corrected chi connectivity index (χ1v) is 8.39. The van der Waals surface area contributed by atoms with Crippen molar-refractivity contribution in [3.8, 4) is 10.6 Å². The van der Waals surface area contributed by atoms with E-state index in [1.54, 1.807) is 29.8 Å². The predicted octanol–water partition coefficient (Wildman–Crippen LogP) is 3.48. The zero-order valence-electron chi connectivity index (χ0n) is 11.0. The van der Waals surface area contributed by atoms with E-state index in [9.17, 15) is 0 Å². The molecule has 2 aromatic rings. The highest BCUT2D eigenvalue weighted by molar-refractivity contribution is 7.14. The van der Waals surface area contributed by atoms with Crippen molar-refractivity contribution >= 4 is 22.7 Å². The summed E-state index contributed by atoms with van der Waals surface area (Å²) in [5.41, 5.74) is 2.44. The molecule has 3 nitrogen and oxygen atoms in total. The van der Waals surface area contributed by atoms with Gasteiger partial charge in [0.25, 0.3) is 0 Å². The molecule has 0 spiro atoms. The monoisotopic (exact) mass is 294 g/mol. The van der Waals surface area contributed by atoms with Gasteiger partial charge in [-0.25, -0.2) is 4.98 Å². The third-order valence-electron chi connectivity index (χ3n) is 3.33. The lowest BCUT2D eigenvalue weighted by atomic mass is 10.3. The van der Waals surface area contributed by atoms with Crippen LogP contribution in [0.15, 0.2) is 22.2 Å². The smallest absolute Gasteiger partial charge is 0.124 e.